The molecule has 4 aliphatic carbocycles. The van der Waals surface area contributed by atoms with E-state index in [0.717, 1.165) is 31.6 Å². The van der Waals surface area contributed by atoms with Crippen LogP contribution >= 0.6 is 0 Å². The van der Waals surface area contributed by atoms with Crippen molar-refractivity contribution in [1.82, 2.24) is 0 Å². The molecule has 0 spiro atoms. The Kier molecular flexibility index (Phi) is 7.35. The number of aliphatic carboxylic acids is 1. The van der Waals surface area contributed by atoms with Crippen LogP contribution in [-0.4, -0.2) is 34.5 Å². The van der Waals surface area contributed by atoms with E-state index in [9.17, 15) is 15.0 Å². The molecule has 4 rings (SSSR count). The topological polar surface area (TPSA) is 66.8 Å². The van der Waals surface area contributed by atoms with E-state index in [4.69, 9.17) is 4.74 Å². The molecule has 0 unspecified atom stereocenters. The van der Waals surface area contributed by atoms with Gasteiger partial charge in [0.2, 0.25) is 0 Å². The van der Waals surface area contributed by atoms with Crippen molar-refractivity contribution in [3.63, 3.8) is 0 Å². The van der Waals surface area contributed by atoms with Crippen molar-refractivity contribution in [2.24, 2.45) is 39.4 Å². The van der Waals surface area contributed by atoms with Gasteiger partial charge in [0.05, 0.1) is 11.7 Å². The first-order valence-electron chi connectivity index (χ1n) is 14.8. The van der Waals surface area contributed by atoms with Crippen LogP contribution in [0.2, 0.25) is 0 Å². The Labute approximate surface area is 220 Å². The van der Waals surface area contributed by atoms with Crippen LogP contribution in [0.3, 0.4) is 0 Å². The number of hydrogen-bond acceptors (Lipinski definition) is 3. The molecule has 0 bridgehead atoms. The van der Waals surface area contributed by atoms with E-state index in [1.54, 1.807) is 5.57 Å². The Balaban J connectivity index is 1.57. The van der Waals surface area contributed by atoms with Crippen LogP contribution in [0.25, 0.3) is 0 Å². The average Bonchev–Trinajstić information content (AvgIpc) is 3.03. The molecule has 0 heterocycles. The summed E-state index contributed by atoms with van der Waals surface area (Å²) in [6, 6.07) is 0. The summed E-state index contributed by atoms with van der Waals surface area (Å²) in [5.74, 6) is 1.15. The second-order valence-electron chi connectivity index (χ2n) is 15.1. The van der Waals surface area contributed by atoms with Gasteiger partial charge < -0.3 is 14.9 Å². The molecule has 4 heteroatoms. The lowest BCUT2D eigenvalue weighted by Crippen LogP contribution is -2.55. The Bertz CT molecular complexity index is 881. The summed E-state index contributed by atoms with van der Waals surface area (Å²) >= 11 is 0. The Morgan fingerprint density at radius 2 is 1.72 bits per heavy atom. The maximum absolute atomic E-state index is 11.2. The predicted octanol–water partition coefficient (Wildman–Crippen LogP) is 7.78. The summed E-state index contributed by atoms with van der Waals surface area (Å²) < 4.78 is 5.96. The molecule has 0 radical (unpaired) electrons. The highest BCUT2D eigenvalue weighted by atomic mass is 16.5. The number of carbonyl (C=O) groups is 1. The second-order valence-corrected chi connectivity index (χ2v) is 15.1. The Morgan fingerprint density at radius 3 is 2.36 bits per heavy atom. The summed E-state index contributed by atoms with van der Waals surface area (Å²) in [6.07, 6.45) is 12.9. The van der Waals surface area contributed by atoms with Crippen LogP contribution in [0.5, 0.6) is 0 Å². The molecule has 2 N–H and O–H groups in total. The highest BCUT2D eigenvalue weighted by molar-refractivity contribution is 5.68. The molecule has 0 amide bonds. The normalized spacial score (nSPS) is 40.9. The van der Waals surface area contributed by atoms with Gasteiger partial charge in [0.25, 0.3) is 0 Å². The molecule has 0 aromatic heterocycles. The predicted molar refractivity (Wildman–Crippen MR) is 146 cm³/mol. The van der Waals surface area contributed by atoms with Crippen molar-refractivity contribution in [3.05, 3.63) is 11.1 Å². The van der Waals surface area contributed by atoms with Gasteiger partial charge in [-0.3, -0.25) is 0 Å². The number of aliphatic hydroxyl groups is 1. The first-order chi connectivity index (χ1) is 16.6. The molecular formula is C32H54O4. The van der Waals surface area contributed by atoms with Crippen LogP contribution < -0.4 is 0 Å². The molecule has 0 aromatic carbocycles. The number of carboxylic acid groups (broad SMARTS) is 1. The highest BCUT2D eigenvalue weighted by Gasteiger charge is 2.63. The summed E-state index contributed by atoms with van der Waals surface area (Å²) in [7, 11) is 0. The average molecular weight is 503 g/mol. The minimum atomic E-state index is -0.864. The molecule has 2 saturated carbocycles. The van der Waals surface area contributed by atoms with Gasteiger partial charge in [0.15, 0.2) is 0 Å². The van der Waals surface area contributed by atoms with E-state index < -0.39 is 11.6 Å². The van der Waals surface area contributed by atoms with Crippen molar-refractivity contribution < 1.29 is 19.7 Å². The van der Waals surface area contributed by atoms with Crippen LogP contribution in [0.1, 0.15) is 126 Å². The minimum absolute atomic E-state index is 0.0180. The van der Waals surface area contributed by atoms with E-state index in [2.05, 4.69) is 41.5 Å². The lowest BCUT2D eigenvalue weighted by molar-refractivity contribution is -0.158. The lowest BCUT2D eigenvalue weighted by Gasteiger charge is -2.62. The van der Waals surface area contributed by atoms with Gasteiger partial charge in [-0.15, -0.1) is 0 Å². The van der Waals surface area contributed by atoms with Gasteiger partial charge in [-0.2, -0.15) is 0 Å². The molecule has 2 fully saturated rings. The number of fused-ring (bicyclic) bond motifs is 4. The van der Waals surface area contributed by atoms with Gasteiger partial charge >= 0.3 is 5.97 Å². The number of carboxylic acids is 1. The minimum Gasteiger partial charge on any atom is -0.480 e. The zero-order valence-corrected chi connectivity index (χ0v) is 24.5. The zero-order chi connectivity index (χ0) is 26.7. The fraction of sp³-hybridized carbons (Fsp3) is 0.906. The van der Waals surface area contributed by atoms with Gasteiger partial charge in [0.1, 0.15) is 6.61 Å². The van der Waals surface area contributed by atoms with Crippen LogP contribution in [0.15, 0.2) is 11.1 Å². The molecular weight excluding hydrogens is 448 g/mol. The van der Waals surface area contributed by atoms with E-state index in [1.165, 1.54) is 44.9 Å². The summed E-state index contributed by atoms with van der Waals surface area (Å²) in [5, 5.41) is 19.4. The Morgan fingerprint density at radius 1 is 1.03 bits per heavy atom. The van der Waals surface area contributed by atoms with Gasteiger partial charge in [-0.1, -0.05) is 65.5 Å². The first kappa shape index (κ1) is 28.1. The zero-order valence-electron chi connectivity index (χ0n) is 24.5. The maximum atomic E-state index is 11.2. The number of rotatable bonds is 8. The van der Waals surface area contributed by atoms with Crippen LogP contribution in [0.4, 0.5) is 0 Å². The molecule has 0 aromatic rings. The molecule has 206 valence electrons. The van der Waals surface area contributed by atoms with Crippen molar-refractivity contribution in [2.45, 2.75) is 138 Å². The van der Waals surface area contributed by atoms with E-state index in [1.807, 2.05) is 19.4 Å². The number of ether oxygens (including phenoxy) is 1. The quantitative estimate of drug-likeness (QED) is 0.333. The molecule has 0 saturated heterocycles. The SMILES string of the molecule is C[C@H](CCCC(C)(C)O)[C@H]1CC[C@@]2(C)C3=C(CC[C@]12C)[C@@]1(C)CC[C@H](OCC(=O)O)C(C)(C)[C@@H]1CC3. The first-order valence-corrected chi connectivity index (χ1v) is 14.8. The summed E-state index contributed by atoms with van der Waals surface area (Å²) in [5.41, 5.74) is 3.88. The third kappa shape index (κ3) is 4.51. The standard InChI is InChI=1S/C32H54O4/c1-21(10-9-16-28(2,3)35)22-13-18-32(8)24-11-12-25-29(4,5)26(36-20-27(33)34)15-17-30(25,6)23(24)14-19-31(22,32)7/h21-22,25-26,35H,9-20H2,1-8H3,(H,33,34)/t21-,22-,25+,26+,30-,31-,32+/m1/s1. The summed E-state index contributed by atoms with van der Waals surface area (Å²) in [6.45, 7) is 18.6. The third-order valence-corrected chi connectivity index (χ3v) is 12.3. The van der Waals surface area contributed by atoms with Crippen molar-refractivity contribution in [1.29, 1.82) is 0 Å². The molecule has 7 atom stereocenters. The molecule has 0 aliphatic heterocycles. The summed E-state index contributed by atoms with van der Waals surface area (Å²) in [4.78, 5) is 11.2. The monoisotopic (exact) mass is 502 g/mol. The number of hydrogen-bond donors (Lipinski definition) is 2. The molecule has 4 nitrogen and oxygen atoms in total. The van der Waals surface area contributed by atoms with Gasteiger partial charge in [0, 0.05) is 0 Å². The van der Waals surface area contributed by atoms with Crippen LogP contribution in [-0.2, 0) is 9.53 Å². The largest absolute Gasteiger partial charge is 0.480 e. The third-order valence-electron chi connectivity index (χ3n) is 12.3. The number of allylic oxidation sites excluding steroid dienone is 2. The molecule has 36 heavy (non-hydrogen) atoms. The van der Waals surface area contributed by atoms with Crippen molar-refractivity contribution in [2.75, 3.05) is 6.61 Å². The van der Waals surface area contributed by atoms with Crippen LogP contribution in [0, 0.1) is 39.4 Å². The smallest absolute Gasteiger partial charge is 0.329 e. The highest BCUT2D eigenvalue weighted by Crippen LogP contribution is 2.72. The van der Waals surface area contributed by atoms with Gasteiger partial charge in [-0.05, 0) is 111 Å². The molecule has 4 aliphatic rings. The fourth-order valence-electron chi connectivity index (χ4n) is 10.1. The van der Waals surface area contributed by atoms with E-state index in [-0.39, 0.29) is 23.5 Å². The Hall–Kier alpha value is -0.870. The van der Waals surface area contributed by atoms with Crippen molar-refractivity contribution >= 4 is 5.97 Å². The van der Waals surface area contributed by atoms with E-state index >= 15 is 0 Å². The lowest BCUT2D eigenvalue weighted by atomic mass is 9.43. The van der Waals surface area contributed by atoms with E-state index in [0.29, 0.717) is 22.7 Å². The van der Waals surface area contributed by atoms with Crippen molar-refractivity contribution in [3.8, 4) is 0 Å². The fourth-order valence-corrected chi connectivity index (χ4v) is 10.1. The second kappa shape index (κ2) is 9.40. The maximum Gasteiger partial charge on any atom is 0.329 e. The van der Waals surface area contributed by atoms with Gasteiger partial charge in [-0.25, -0.2) is 4.79 Å².